The summed E-state index contributed by atoms with van der Waals surface area (Å²) >= 11 is 0. The number of hydrogen-bond donors (Lipinski definition) is 1. The molecular formula is C17H23N3O2. The predicted octanol–water partition coefficient (Wildman–Crippen LogP) is 2.35. The summed E-state index contributed by atoms with van der Waals surface area (Å²) in [5.74, 6) is 0.834. The molecule has 1 aromatic carbocycles. The van der Waals surface area contributed by atoms with Crippen LogP contribution in [0.3, 0.4) is 0 Å². The summed E-state index contributed by atoms with van der Waals surface area (Å²) in [6.45, 7) is 6.16. The Morgan fingerprint density at radius 1 is 1.23 bits per heavy atom. The van der Waals surface area contributed by atoms with Crippen molar-refractivity contribution in [3.63, 3.8) is 0 Å². The van der Waals surface area contributed by atoms with Crippen LogP contribution in [0.1, 0.15) is 25.8 Å². The lowest BCUT2D eigenvalue weighted by atomic mass is 10.1. The van der Waals surface area contributed by atoms with Gasteiger partial charge in [-0.05, 0) is 50.2 Å². The molecule has 0 radical (unpaired) electrons. The van der Waals surface area contributed by atoms with Crippen molar-refractivity contribution in [1.29, 1.82) is 0 Å². The molecule has 0 fully saturated rings. The lowest BCUT2D eigenvalue weighted by Gasteiger charge is -2.09. The van der Waals surface area contributed by atoms with Gasteiger partial charge in [0.1, 0.15) is 5.75 Å². The van der Waals surface area contributed by atoms with Crippen molar-refractivity contribution in [3.05, 3.63) is 46.2 Å². The van der Waals surface area contributed by atoms with E-state index in [1.807, 2.05) is 37.3 Å². The molecule has 5 nitrogen and oxygen atoms in total. The molecule has 5 heteroatoms. The van der Waals surface area contributed by atoms with Gasteiger partial charge in [0.2, 0.25) is 0 Å². The number of aryl methyl sites for hydroxylation is 1. The van der Waals surface area contributed by atoms with Gasteiger partial charge in [-0.1, -0.05) is 6.92 Å². The highest BCUT2D eigenvalue weighted by Crippen LogP contribution is 2.20. The summed E-state index contributed by atoms with van der Waals surface area (Å²) < 4.78 is 6.84. The molecule has 118 valence electrons. The van der Waals surface area contributed by atoms with Crippen LogP contribution in [0.4, 0.5) is 0 Å². The molecule has 0 atom stereocenters. The Hall–Kier alpha value is -2.14. The number of aromatic nitrogens is 2. The molecule has 0 saturated heterocycles. The minimum atomic E-state index is -0.0571. The topological polar surface area (TPSA) is 56.1 Å². The standard InChI is InChI=1S/C17H23N3O2/c1-4-10-18-12-14-11-16(19-20(3)17(14)21)13-6-8-15(9-7-13)22-5-2/h6-9,11,18H,4-5,10,12H2,1-3H3. The Labute approximate surface area is 130 Å². The Morgan fingerprint density at radius 3 is 2.59 bits per heavy atom. The van der Waals surface area contributed by atoms with Crippen LogP contribution in [0.15, 0.2) is 35.1 Å². The van der Waals surface area contributed by atoms with E-state index in [1.165, 1.54) is 4.68 Å². The lowest BCUT2D eigenvalue weighted by molar-refractivity contribution is 0.340. The van der Waals surface area contributed by atoms with E-state index >= 15 is 0 Å². The van der Waals surface area contributed by atoms with Crippen LogP contribution in [-0.2, 0) is 13.6 Å². The Bertz CT molecular complexity index is 663. The number of nitrogens with zero attached hydrogens (tertiary/aromatic N) is 2. The molecule has 0 aliphatic rings. The minimum absolute atomic E-state index is 0.0571. The number of ether oxygens (including phenoxy) is 1. The van der Waals surface area contributed by atoms with E-state index in [0.29, 0.717) is 13.2 Å². The normalized spacial score (nSPS) is 10.7. The average Bonchev–Trinajstić information content (AvgIpc) is 2.52. The maximum absolute atomic E-state index is 12.1. The molecule has 1 aromatic heterocycles. The fourth-order valence-corrected chi connectivity index (χ4v) is 2.23. The first-order valence-electron chi connectivity index (χ1n) is 7.66. The lowest BCUT2D eigenvalue weighted by Crippen LogP contribution is -2.27. The first-order valence-corrected chi connectivity index (χ1v) is 7.66. The molecule has 22 heavy (non-hydrogen) atoms. The summed E-state index contributed by atoms with van der Waals surface area (Å²) in [5.41, 5.74) is 2.43. The second-order valence-corrected chi connectivity index (χ2v) is 5.12. The molecule has 2 aromatic rings. The van der Waals surface area contributed by atoms with Gasteiger partial charge in [0, 0.05) is 24.7 Å². The highest BCUT2D eigenvalue weighted by molar-refractivity contribution is 5.60. The van der Waals surface area contributed by atoms with Crippen LogP contribution in [-0.4, -0.2) is 22.9 Å². The predicted molar refractivity (Wildman–Crippen MR) is 88.1 cm³/mol. The molecule has 0 aliphatic heterocycles. The van der Waals surface area contributed by atoms with Crippen molar-refractivity contribution >= 4 is 0 Å². The largest absolute Gasteiger partial charge is 0.494 e. The van der Waals surface area contributed by atoms with E-state index in [9.17, 15) is 4.79 Å². The first kappa shape index (κ1) is 16.2. The Kier molecular flexibility index (Phi) is 5.72. The second-order valence-electron chi connectivity index (χ2n) is 5.12. The van der Waals surface area contributed by atoms with Gasteiger partial charge >= 0.3 is 0 Å². The zero-order chi connectivity index (χ0) is 15.9. The molecule has 1 N–H and O–H groups in total. The number of nitrogens with one attached hydrogen (secondary N) is 1. The maximum Gasteiger partial charge on any atom is 0.271 e. The quantitative estimate of drug-likeness (QED) is 0.798. The molecule has 0 spiro atoms. The summed E-state index contributed by atoms with van der Waals surface area (Å²) in [5, 5.41) is 7.61. The van der Waals surface area contributed by atoms with Gasteiger partial charge in [-0.2, -0.15) is 5.10 Å². The van der Waals surface area contributed by atoms with Crippen LogP contribution >= 0.6 is 0 Å². The molecule has 2 rings (SSSR count). The van der Waals surface area contributed by atoms with Crippen molar-refractivity contribution in [2.75, 3.05) is 13.2 Å². The SMILES string of the molecule is CCCNCc1cc(-c2ccc(OCC)cc2)nn(C)c1=O. The first-order chi connectivity index (χ1) is 10.7. The van der Waals surface area contributed by atoms with Gasteiger partial charge in [-0.15, -0.1) is 0 Å². The average molecular weight is 301 g/mol. The highest BCUT2D eigenvalue weighted by Gasteiger charge is 2.08. The van der Waals surface area contributed by atoms with Crippen molar-refractivity contribution in [3.8, 4) is 17.0 Å². The Morgan fingerprint density at radius 2 is 1.95 bits per heavy atom. The minimum Gasteiger partial charge on any atom is -0.494 e. The maximum atomic E-state index is 12.1. The van der Waals surface area contributed by atoms with Gasteiger partial charge in [0.15, 0.2) is 0 Å². The molecule has 0 amide bonds. The summed E-state index contributed by atoms with van der Waals surface area (Å²) in [7, 11) is 1.68. The van der Waals surface area contributed by atoms with E-state index in [-0.39, 0.29) is 5.56 Å². The fraction of sp³-hybridized carbons (Fsp3) is 0.412. The molecule has 0 unspecified atom stereocenters. The van der Waals surface area contributed by atoms with E-state index in [2.05, 4.69) is 17.3 Å². The van der Waals surface area contributed by atoms with Crippen molar-refractivity contribution in [1.82, 2.24) is 15.1 Å². The van der Waals surface area contributed by atoms with E-state index in [0.717, 1.165) is 35.5 Å². The van der Waals surface area contributed by atoms with Gasteiger partial charge in [-0.3, -0.25) is 4.79 Å². The monoisotopic (exact) mass is 301 g/mol. The fourth-order valence-electron chi connectivity index (χ4n) is 2.23. The van der Waals surface area contributed by atoms with Crippen LogP contribution in [0.2, 0.25) is 0 Å². The van der Waals surface area contributed by atoms with Crippen LogP contribution < -0.4 is 15.6 Å². The molecule has 0 saturated carbocycles. The van der Waals surface area contributed by atoms with Crippen molar-refractivity contribution < 1.29 is 4.74 Å². The summed E-state index contributed by atoms with van der Waals surface area (Å²) in [6.07, 6.45) is 1.04. The third kappa shape index (κ3) is 3.95. The third-order valence-electron chi connectivity index (χ3n) is 3.34. The smallest absolute Gasteiger partial charge is 0.271 e. The highest BCUT2D eigenvalue weighted by atomic mass is 16.5. The van der Waals surface area contributed by atoms with Crippen molar-refractivity contribution in [2.45, 2.75) is 26.8 Å². The van der Waals surface area contributed by atoms with E-state index in [4.69, 9.17) is 4.74 Å². The number of hydrogen-bond acceptors (Lipinski definition) is 4. The van der Waals surface area contributed by atoms with E-state index in [1.54, 1.807) is 7.05 Å². The van der Waals surface area contributed by atoms with Crippen molar-refractivity contribution in [2.24, 2.45) is 7.05 Å². The zero-order valence-electron chi connectivity index (χ0n) is 13.4. The molecular weight excluding hydrogens is 278 g/mol. The summed E-state index contributed by atoms with van der Waals surface area (Å²) in [6, 6.07) is 9.62. The van der Waals surface area contributed by atoms with Crippen LogP contribution in [0, 0.1) is 0 Å². The summed E-state index contributed by atoms with van der Waals surface area (Å²) in [4.78, 5) is 12.1. The van der Waals surface area contributed by atoms with Crippen LogP contribution in [0.5, 0.6) is 5.75 Å². The van der Waals surface area contributed by atoms with E-state index < -0.39 is 0 Å². The van der Waals surface area contributed by atoms with Gasteiger partial charge < -0.3 is 10.1 Å². The molecule has 1 heterocycles. The zero-order valence-corrected chi connectivity index (χ0v) is 13.4. The third-order valence-corrected chi connectivity index (χ3v) is 3.34. The second kappa shape index (κ2) is 7.75. The Balaban J connectivity index is 2.28. The molecule has 0 aliphatic carbocycles. The van der Waals surface area contributed by atoms with Crippen LogP contribution in [0.25, 0.3) is 11.3 Å². The van der Waals surface area contributed by atoms with Gasteiger partial charge in [-0.25, -0.2) is 4.68 Å². The number of benzene rings is 1. The van der Waals surface area contributed by atoms with Gasteiger partial charge in [0.05, 0.1) is 12.3 Å². The van der Waals surface area contributed by atoms with Gasteiger partial charge in [0.25, 0.3) is 5.56 Å². The number of rotatable bonds is 7. The molecule has 0 bridgehead atoms.